The van der Waals surface area contributed by atoms with Gasteiger partial charge in [-0.05, 0) is 54.4 Å². The normalized spacial score (nSPS) is 11.5. The smallest absolute Gasteiger partial charge is 0.414 e. The summed E-state index contributed by atoms with van der Waals surface area (Å²) >= 11 is 3.37. The van der Waals surface area contributed by atoms with E-state index >= 15 is 0 Å². The molecule has 0 aromatic carbocycles. The van der Waals surface area contributed by atoms with Gasteiger partial charge in [0.2, 0.25) is 5.96 Å². The van der Waals surface area contributed by atoms with Crippen LogP contribution < -0.4 is 10.6 Å². The second kappa shape index (κ2) is 10.5. The Morgan fingerprint density at radius 3 is 1.71 bits per heavy atom. The molecule has 140 valence electrons. The van der Waals surface area contributed by atoms with Crippen molar-refractivity contribution in [1.29, 1.82) is 0 Å². The van der Waals surface area contributed by atoms with Crippen LogP contribution in [0.25, 0.3) is 0 Å². The van der Waals surface area contributed by atoms with E-state index in [1.54, 1.807) is 41.5 Å². The average molecular weight is 408 g/mol. The third-order valence-corrected chi connectivity index (χ3v) is 2.86. The van der Waals surface area contributed by atoms with Crippen LogP contribution in [0.3, 0.4) is 0 Å². The first kappa shape index (κ1) is 22.7. The maximum absolute atomic E-state index is 11.9. The lowest BCUT2D eigenvalue weighted by Crippen LogP contribution is -2.47. The van der Waals surface area contributed by atoms with Crippen molar-refractivity contribution in [3.05, 3.63) is 0 Å². The highest BCUT2D eigenvalue weighted by atomic mass is 79.9. The van der Waals surface area contributed by atoms with Crippen molar-refractivity contribution in [3.8, 4) is 0 Å². The van der Waals surface area contributed by atoms with Gasteiger partial charge in [-0.15, -0.1) is 0 Å². The maximum Gasteiger partial charge on any atom is 0.414 e. The molecule has 24 heavy (non-hydrogen) atoms. The van der Waals surface area contributed by atoms with Gasteiger partial charge in [-0.1, -0.05) is 22.4 Å². The van der Waals surface area contributed by atoms with E-state index in [-0.39, 0.29) is 5.96 Å². The van der Waals surface area contributed by atoms with Gasteiger partial charge in [0.25, 0.3) is 0 Å². The number of aliphatic imine (C=N–C) groups is 1. The van der Waals surface area contributed by atoms with Gasteiger partial charge in [0.15, 0.2) is 0 Å². The average Bonchev–Trinajstić information content (AvgIpc) is 2.33. The first-order valence-corrected chi connectivity index (χ1v) is 9.15. The molecule has 8 heteroatoms. The lowest BCUT2D eigenvalue weighted by molar-refractivity contribution is 0.0545. The molecule has 0 aliphatic rings. The number of nitrogens with one attached hydrogen (secondary N) is 2. The van der Waals surface area contributed by atoms with Gasteiger partial charge in [0, 0.05) is 11.9 Å². The molecule has 0 bridgehead atoms. The molecule has 0 saturated carbocycles. The van der Waals surface area contributed by atoms with Crippen LogP contribution in [0.2, 0.25) is 0 Å². The van der Waals surface area contributed by atoms with Gasteiger partial charge in [-0.2, -0.15) is 0 Å². The molecule has 2 N–H and O–H groups in total. The van der Waals surface area contributed by atoms with Crippen LogP contribution in [-0.2, 0) is 9.47 Å². The van der Waals surface area contributed by atoms with Crippen molar-refractivity contribution in [3.63, 3.8) is 0 Å². The number of rotatable bonds is 5. The van der Waals surface area contributed by atoms with Crippen LogP contribution in [0.5, 0.6) is 0 Å². The largest absolute Gasteiger partial charge is 0.444 e. The number of unbranched alkanes of at least 4 members (excludes halogenated alkanes) is 2. The fraction of sp³-hybridized carbons (Fsp3) is 0.812. The van der Waals surface area contributed by atoms with Gasteiger partial charge >= 0.3 is 12.2 Å². The molecular weight excluding hydrogens is 378 g/mol. The molecule has 0 spiro atoms. The number of carbonyl (C=O) groups excluding carboxylic acids is 2. The Balaban J connectivity index is 4.73. The van der Waals surface area contributed by atoms with Crippen LogP contribution in [0, 0.1) is 0 Å². The topological polar surface area (TPSA) is 89.0 Å². The van der Waals surface area contributed by atoms with Crippen molar-refractivity contribution in [1.82, 2.24) is 10.6 Å². The first-order valence-electron chi connectivity index (χ1n) is 8.03. The zero-order valence-corrected chi connectivity index (χ0v) is 17.1. The third-order valence-electron chi connectivity index (χ3n) is 2.30. The number of guanidine groups is 1. The number of carbonyl (C=O) groups is 2. The Bertz CT molecular complexity index is 408. The van der Waals surface area contributed by atoms with E-state index in [0.717, 1.165) is 24.6 Å². The predicted octanol–water partition coefficient (Wildman–Crippen LogP) is 3.96. The molecule has 0 radical (unpaired) electrons. The van der Waals surface area contributed by atoms with Crippen LogP contribution in [0.15, 0.2) is 4.99 Å². The summed E-state index contributed by atoms with van der Waals surface area (Å²) in [6, 6.07) is 0. The quantitative estimate of drug-likeness (QED) is 0.312. The zero-order chi connectivity index (χ0) is 18.8. The number of amides is 2. The molecule has 0 aromatic heterocycles. The molecule has 0 rings (SSSR count). The van der Waals surface area contributed by atoms with E-state index in [2.05, 4.69) is 31.6 Å². The number of alkyl carbamates (subject to hydrolysis) is 2. The minimum Gasteiger partial charge on any atom is -0.444 e. The van der Waals surface area contributed by atoms with Gasteiger partial charge in [0.1, 0.15) is 11.2 Å². The minimum atomic E-state index is -0.683. The summed E-state index contributed by atoms with van der Waals surface area (Å²) in [4.78, 5) is 27.9. The molecule has 0 aromatic rings. The van der Waals surface area contributed by atoms with Gasteiger partial charge < -0.3 is 9.47 Å². The van der Waals surface area contributed by atoms with Crippen molar-refractivity contribution >= 4 is 34.1 Å². The van der Waals surface area contributed by atoms with Gasteiger partial charge in [-0.25, -0.2) is 9.59 Å². The van der Waals surface area contributed by atoms with Crippen molar-refractivity contribution in [2.24, 2.45) is 4.99 Å². The number of alkyl halides is 1. The SMILES string of the molecule is CC(C)(C)OC(=O)NC(=NCCCCCBr)NC(=O)OC(C)(C)C. The Morgan fingerprint density at radius 2 is 1.33 bits per heavy atom. The van der Waals surface area contributed by atoms with Crippen LogP contribution in [0.4, 0.5) is 9.59 Å². The van der Waals surface area contributed by atoms with E-state index in [4.69, 9.17) is 9.47 Å². The van der Waals surface area contributed by atoms with Crippen molar-refractivity contribution in [2.75, 3.05) is 11.9 Å². The van der Waals surface area contributed by atoms with E-state index in [1.165, 1.54) is 0 Å². The highest BCUT2D eigenvalue weighted by Gasteiger charge is 2.21. The molecule has 2 amide bonds. The standard InChI is InChI=1S/C16H30BrN3O4/c1-15(2,3)23-13(21)19-12(18-11-9-7-8-10-17)20-14(22)24-16(4,5)6/h7-11H2,1-6H3,(H2,18,19,20,21,22). The van der Waals surface area contributed by atoms with Crippen LogP contribution in [-0.4, -0.2) is 41.2 Å². The highest BCUT2D eigenvalue weighted by Crippen LogP contribution is 2.07. The number of nitrogens with zero attached hydrogens (tertiary/aromatic N) is 1. The fourth-order valence-electron chi connectivity index (χ4n) is 1.48. The Labute approximate surface area is 153 Å². The summed E-state index contributed by atoms with van der Waals surface area (Å²) in [5, 5.41) is 5.84. The fourth-order valence-corrected chi connectivity index (χ4v) is 1.88. The van der Waals surface area contributed by atoms with E-state index < -0.39 is 23.4 Å². The molecule has 0 unspecified atom stereocenters. The van der Waals surface area contributed by atoms with Crippen LogP contribution in [0.1, 0.15) is 60.8 Å². The van der Waals surface area contributed by atoms with Gasteiger partial charge in [-0.3, -0.25) is 15.6 Å². The van der Waals surface area contributed by atoms with Crippen molar-refractivity contribution < 1.29 is 19.1 Å². The third kappa shape index (κ3) is 14.3. The summed E-state index contributed by atoms with van der Waals surface area (Å²) in [5.41, 5.74) is -1.28. The minimum absolute atomic E-state index is 0.0253. The molecule has 0 fully saturated rings. The molecule has 0 aliphatic carbocycles. The number of hydrogen-bond donors (Lipinski definition) is 2. The molecular formula is C16H30BrN3O4. The summed E-state index contributed by atoms with van der Waals surface area (Å²) in [5.74, 6) is 0.0253. The lowest BCUT2D eigenvalue weighted by atomic mass is 10.2. The van der Waals surface area contributed by atoms with Crippen LogP contribution >= 0.6 is 15.9 Å². The van der Waals surface area contributed by atoms with Gasteiger partial charge in [0.05, 0.1) is 0 Å². The number of hydrogen-bond acceptors (Lipinski definition) is 5. The molecule has 0 atom stereocenters. The zero-order valence-electron chi connectivity index (χ0n) is 15.5. The molecule has 7 nitrogen and oxygen atoms in total. The molecule has 0 saturated heterocycles. The number of halogens is 1. The lowest BCUT2D eigenvalue weighted by Gasteiger charge is -2.22. The monoisotopic (exact) mass is 407 g/mol. The van der Waals surface area contributed by atoms with E-state index in [0.29, 0.717) is 6.54 Å². The Hall–Kier alpha value is -1.31. The van der Waals surface area contributed by atoms with E-state index in [9.17, 15) is 9.59 Å². The van der Waals surface area contributed by atoms with E-state index in [1.807, 2.05) is 0 Å². The second-order valence-electron chi connectivity index (χ2n) is 7.23. The first-order chi connectivity index (χ1) is 10.9. The second-order valence-corrected chi connectivity index (χ2v) is 8.03. The highest BCUT2D eigenvalue weighted by molar-refractivity contribution is 9.09. The van der Waals surface area contributed by atoms with Crippen molar-refractivity contribution in [2.45, 2.75) is 72.0 Å². The Morgan fingerprint density at radius 1 is 0.875 bits per heavy atom. The summed E-state index contributed by atoms with van der Waals surface area (Å²) in [6.45, 7) is 11.0. The summed E-state index contributed by atoms with van der Waals surface area (Å²) in [6.07, 6.45) is 1.53. The maximum atomic E-state index is 11.9. The number of ether oxygens (including phenoxy) is 2. The summed E-state index contributed by atoms with van der Waals surface area (Å²) in [7, 11) is 0. The molecule has 0 aliphatic heterocycles. The molecule has 0 heterocycles. The Kier molecular flexibility index (Phi) is 9.96. The summed E-state index contributed by atoms with van der Waals surface area (Å²) < 4.78 is 10.3. The predicted molar refractivity (Wildman–Crippen MR) is 98.7 cm³/mol.